The first kappa shape index (κ1) is 19.7. The molecule has 0 amide bonds. The van der Waals surface area contributed by atoms with Gasteiger partial charge in [-0.3, -0.25) is 9.36 Å². The quantitative estimate of drug-likeness (QED) is 0.430. The van der Waals surface area contributed by atoms with Crippen LogP contribution in [-0.4, -0.2) is 25.8 Å². The number of hydrogen-bond acceptors (Lipinski definition) is 4. The van der Waals surface area contributed by atoms with Crippen molar-refractivity contribution in [1.82, 2.24) is 0 Å². The van der Waals surface area contributed by atoms with Gasteiger partial charge in [0.15, 0.2) is 14.2 Å². The Labute approximate surface area is 140 Å². The summed E-state index contributed by atoms with van der Waals surface area (Å²) in [4.78, 5) is 11.7. The number of ketones is 1. The van der Waals surface area contributed by atoms with Gasteiger partial charge in [0.25, 0.3) is 0 Å². The Hall–Kier alpha value is -1.31. The maximum Gasteiger partial charge on any atom is 0.192 e. The third kappa shape index (κ3) is 6.76. The second-order valence-electron chi connectivity index (χ2n) is 6.18. The number of hydrogen-bond donors (Lipinski definition) is 0. The van der Waals surface area contributed by atoms with Crippen LogP contribution in [0.4, 0.5) is 0 Å². The fraction of sp³-hybridized carbons (Fsp3) is 0.556. The highest BCUT2D eigenvalue weighted by molar-refractivity contribution is 7.27. The Morgan fingerprint density at radius 3 is 2.48 bits per heavy atom. The molecule has 1 aliphatic carbocycles. The summed E-state index contributed by atoms with van der Waals surface area (Å²) in [7, 11) is -0.0403. The van der Waals surface area contributed by atoms with E-state index in [4.69, 9.17) is 9.47 Å². The van der Waals surface area contributed by atoms with E-state index >= 15 is 0 Å². The van der Waals surface area contributed by atoms with Crippen LogP contribution in [0.15, 0.2) is 40.4 Å². The van der Waals surface area contributed by atoms with Crippen LogP contribution < -0.4 is 0 Å². The van der Waals surface area contributed by atoms with Crippen molar-refractivity contribution in [2.24, 2.45) is 5.41 Å². The summed E-state index contributed by atoms with van der Waals surface area (Å²) in [6, 6.07) is 0. The minimum absolute atomic E-state index is 0.0370. The smallest absolute Gasteiger partial charge is 0.192 e. The minimum atomic E-state index is -0.0403. The van der Waals surface area contributed by atoms with Gasteiger partial charge in [0, 0.05) is 12.2 Å². The number of carbonyl (C=O) groups is 1. The van der Waals surface area contributed by atoms with Crippen molar-refractivity contribution < 1.29 is 18.8 Å². The fourth-order valence-corrected chi connectivity index (χ4v) is 2.69. The highest BCUT2D eigenvalue weighted by atomic mass is 31.1. The molecule has 0 spiro atoms. The lowest BCUT2D eigenvalue weighted by atomic mass is 9.72. The van der Waals surface area contributed by atoms with Gasteiger partial charge in [-0.15, -0.1) is 5.73 Å². The molecule has 5 heteroatoms. The van der Waals surface area contributed by atoms with Gasteiger partial charge in [-0.2, -0.15) is 0 Å². The van der Waals surface area contributed by atoms with Gasteiger partial charge in [0.05, 0.1) is 13.2 Å². The molecule has 0 aromatic carbocycles. The van der Waals surface area contributed by atoms with Crippen LogP contribution in [0.5, 0.6) is 0 Å². The van der Waals surface area contributed by atoms with Gasteiger partial charge < -0.3 is 9.47 Å². The zero-order valence-corrected chi connectivity index (χ0v) is 15.2. The summed E-state index contributed by atoms with van der Waals surface area (Å²) in [5.74, 6) is 1.68. The Kier molecular flexibility index (Phi) is 8.36. The summed E-state index contributed by atoms with van der Waals surface area (Å²) >= 11 is 0. The topological polar surface area (TPSA) is 52.6 Å². The van der Waals surface area contributed by atoms with Gasteiger partial charge in [-0.05, 0) is 42.4 Å². The van der Waals surface area contributed by atoms with Gasteiger partial charge >= 0.3 is 0 Å². The van der Waals surface area contributed by atoms with Crippen molar-refractivity contribution in [2.75, 3.05) is 20.0 Å². The number of rotatable bonds is 3. The van der Waals surface area contributed by atoms with Crippen LogP contribution in [-0.2, 0) is 18.8 Å². The average Bonchev–Trinajstić information content (AvgIpc) is 3.08. The normalized spacial score (nSPS) is 20.3. The van der Waals surface area contributed by atoms with Crippen molar-refractivity contribution in [3.8, 4) is 0 Å². The first-order valence-corrected chi connectivity index (χ1v) is 8.59. The van der Waals surface area contributed by atoms with Crippen LogP contribution in [0.2, 0.25) is 0 Å². The van der Waals surface area contributed by atoms with E-state index in [1.165, 1.54) is 5.82 Å². The molecule has 0 bridgehead atoms. The van der Waals surface area contributed by atoms with Crippen molar-refractivity contribution in [2.45, 2.75) is 40.5 Å². The lowest BCUT2D eigenvalue weighted by molar-refractivity contribution is -0.116. The number of allylic oxidation sites excluding steroid dienone is 5. The summed E-state index contributed by atoms with van der Waals surface area (Å²) in [6.07, 6.45) is 5.44. The van der Waals surface area contributed by atoms with Gasteiger partial charge in [-0.1, -0.05) is 26.0 Å². The predicted octanol–water partition coefficient (Wildman–Crippen LogP) is 4.59. The molecule has 0 N–H and O–H groups in total. The molecule has 0 aromatic heterocycles. The van der Waals surface area contributed by atoms with E-state index < -0.39 is 0 Å². The van der Waals surface area contributed by atoms with Crippen LogP contribution in [0.25, 0.3) is 0 Å². The minimum Gasteiger partial charge on any atom is -0.353 e. The van der Waals surface area contributed by atoms with Gasteiger partial charge in [0.2, 0.25) is 0 Å². The molecule has 1 aliphatic heterocycles. The summed E-state index contributed by atoms with van der Waals surface area (Å²) in [5, 5.41) is 0. The Morgan fingerprint density at radius 1 is 1.30 bits per heavy atom. The Morgan fingerprint density at radius 2 is 1.96 bits per heavy atom. The molecule has 0 unspecified atom stereocenters. The summed E-state index contributed by atoms with van der Waals surface area (Å²) in [6.45, 7) is 10.2. The van der Waals surface area contributed by atoms with E-state index in [-0.39, 0.29) is 19.7 Å². The fourth-order valence-electron chi connectivity index (χ4n) is 2.44. The highest BCUT2D eigenvalue weighted by Crippen LogP contribution is 2.39. The monoisotopic (exact) mass is 336 g/mol. The second kappa shape index (κ2) is 9.75. The van der Waals surface area contributed by atoms with E-state index in [0.717, 1.165) is 36.4 Å². The predicted molar refractivity (Wildman–Crippen MR) is 91.5 cm³/mol. The van der Waals surface area contributed by atoms with E-state index in [9.17, 15) is 9.36 Å². The lowest BCUT2D eigenvalue weighted by Crippen LogP contribution is -2.24. The molecule has 0 radical (unpaired) electrons. The molecule has 0 saturated carbocycles. The van der Waals surface area contributed by atoms with E-state index in [1.54, 1.807) is 0 Å². The van der Waals surface area contributed by atoms with Crippen LogP contribution in [0.1, 0.15) is 40.5 Å². The maximum atomic E-state index is 11.7. The average molecular weight is 336 g/mol. The highest BCUT2D eigenvalue weighted by Gasteiger charge is 2.30. The van der Waals surface area contributed by atoms with E-state index in [1.807, 2.05) is 26.0 Å². The SMILES string of the molecule is C1COCO1.CC(=C=CP=O)/C=C/C1=C(C)C(=O)CCC1(C)C. The summed E-state index contributed by atoms with van der Waals surface area (Å²) < 4.78 is 19.7. The zero-order valence-electron chi connectivity index (χ0n) is 14.3. The van der Waals surface area contributed by atoms with Crippen LogP contribution >= 0.6 is 8.46 Å². The Bertz CT molecular complexity index is 552. The van der Waals surface area contributed by atoms with Crippen LogP contribution in [0.3, 0.4) is 0 Å². The third-order valence-corrected chi connectivity index (χ3v) is 4.15. The van der Waals surface area contributed by atoms with Crippen molar-refractivity contribution in [1.29, 1.82) is 0 Å². The molecular formula is C18H25O4P. The second-order valence-corrected chi connectivity index (χ2v) is 6.64. The van der Waals surface area contributed by atoms with Crippen molar-refractivity contribution in [3.05, 3.63) is 40.4 Å². The molecule has 0 atom stereocenters. The van der Waals surface area contributed by atoms with Gasteiger partial charge in [0.1, 0.15) is 6.79 Å². The van der Waals surface area contributed by atoms with Gasteiger partial charge in [-0.25, -0.2) is 0 Å². The molecule has 2 rings (SSSR count). The molecule has 1 heterocycles. The first-order valence-electron chi connectivity index (χ1n) is 7.71. The number of ether oxygens (including phenoxy) is 2. The number of Topliss-reactive ketones (excluding diaryl/α,β-unsaturated/α-hetero) is 1. The largest absolute Gasteiger partial charge is 0.353 e. The maximum absolute atomic E-state index is 11.7. The molecule has 1 fully saturated rings. The molecule has 126 valence electrons. The zero-order chi connectivity index (χ0) is 17.3. The third-order valence-electron chi connectivity index (χ3n) is 3.91. The molecule has 4 nitrogen and oxygen atoms in total. The van der Waals surface area contributed by atoms with Crippen molar-refractivity contribution >= 4 is 14.2 Å². The molecule has 1 saturated heterocycles. The van der Waals surface area contributed by atoms with Crippen LogP contribution in [0, 0.1) is 5.41 Å². The molecule has 2 aliphatic rings. The standard InChI is InChI=1S/C15H19O2P.C3H6O2/c1-11(8-10-18-17)5-6-13-12(2)14(16)7-9-15(13,3)4;1-2-5-3-4-1/h5-6,10H,7,9H2,1-4H3;1-3H2/b6-5+;. The molecular weight excluding hydrogens is 311 g/mol. The lowest BCUT2D eigenvalue weighted by Gasteiger charge is -2.32. The molecule has 23 heavy (non-hydrogen) atoms. The Balaban J connectivity index is 0.000000446. The van der Waals surface area contributed by atoms with E-state index in [2.05, 4.69) is 19.6 Å². The summed E-state index contributed by atoms with van der Waals surface area (Å²) in [5.41, 5.74) is 5.79. The van der Waals surface area contributed by atoms with E-state index in [0.29, 0.717) is 13.2 Å². The molecule has 0 aromatic rings. The first-order chi connectivity index (χ1) is 10.9. The van der Waals surface area contributed by atoms with Crippen molar-refractivity contribution in [3.63, 3.8) is 0 Å². The number of carbonyl (C=O) groups excluding carboxylic acids is 1.